The third kappa shape index (κ3) is 4.71. The Labute approximate surface area is 165 Å². The van der Waals surface area contributed by atoms with Gasteiger partial charge in [0, 0.05) is 6.54 Å². The van der Waals surface area contributed by atoms with Crippen molar-refractivity contribution < 1.29 is 19.4 Å². The van der Waals surface area contributed by atoms with Crippen LogP contribution in [0.5, 0.6) is 5.75 Å². The highest BCUT2D eigenvalue weighted by Gasteiger charge is 2.39. The Hall–Kier alpha value is -2.82. The summed E-state index contributed by atoms with van der Waals surface area (Å²) in [4.78, 5) is 26.0. The molecule has 2 aromatic carbocycles. The molecule has 5 nitrogen and oxygen atoms in total. The average molecular weight is 381 g/mol. The number of amides is 1. The van der Waals surface area contributed by atoms with Gasteiger partial charge >= 0.3 is 5.97 Å². The van der Waals surface area contributed by atoms with Crippen molar-refractivity contribution in [1.82, 2.24) is 4.90 Å². The molecule has 1 aliphatic heterocycles. The van der Waals surface area contributed by atoms with E-state index in [1.54, 1.807) is 0 Å². The fourth-order valence-electron chi connectivity index (χ4n) is 3.67. The number of carboxylic acids is 1. The van der Waals surface area contributed by atoms with Crippen LogP contribution in [0.25, 0.3) is 0 Å². The van der Waals surface area contributed by atoms with E-state index in [0.29, 0.717) is 26.0 Å². The lowest BCUT2D eigenvalue weighted by Gasteiger charge is -2.26. The summed E-state index contributed by atoms with van der Waals surface area (Å²) in [6.45, 7) is 4.93. The molecule has 0 spiro atoms. The first-order valence-electron chi connectivity index (χ1n) is 9.75. The van der Waals surface area contributed by atoms with Crippen molar-refractivity contribution in [3.8, 4) is 5.75 Å². The second kappa shape index (κ2) is 8.91. The number of likely N-dealkylation sites (tertiary alicyclic amines) is 1. The van der Waals surface area contributed by atoms with Gasteiger partial charge in [0.1, 0.15) is 18.4 Å². The van der Waals surface area contributed by atoms with E-state index in [1.165, 1.54) is 4.90 Å². The minimum absolute atomic E-state index is 0.0917. The van der Waals surface area contributed by atoms with E-state index in [0.717, 1.165) is 16.9 Å². The van der Waals surface area contributed by atoms with Crippen molar-refractivity contribution in [2.75, 3.05) is 6.54 Å². The summed E-state index contributed by atoms with van der Waals surface area (Å²) >= 11 is 0. The highest BCUT2D eigenvalue weighted by molar-refractivity contribution is 5.90. The molecule has 1 heterocycles. The number of hydrogen-bond donors (Lipinski definition) is 1. The molecule has 3 rings (SSSR count). The number of benzene rings is 2. The monoisotopic (exact) mass is 381 g/mol. The van der Waals surface area contributed by atoms with Gasteiger partial charge in [-0.2, -0.15) is 0 Å². The highest BCUT2D eigenvalue weighted by Crippen LogP contribution is 2.32. The molecule has 148 valence electrons. The molecule has 1 fully saturated rings. The summed E-state index contributed by atoms with van der Waals surface area (Å²) in [7, 11) is 0. The Morgan fingerprint density at radius 1 is 1.14 bits per heavy atom. The van der Waals surface area contributed by atoms with Crippen LogP contribution in [0.1, 0.15) is 43.7 Å². The largest absolute Gasteiger partial charge is 0.489 e. The molecule has 1 saturated heterocycles. The normalized spacial score (nSPS) is 17.8. The van der Waals surface area contributed by atoms with Gasteiger partial charge < -0.3 is 14.7 Å². The second-order valence-corrected chi connectivity index (χ2v) is 7.70. The molecule has 0 radical (unpaired) electrons. The van der Waals surface area contributed by atoms with E-state index >= 15 is 0 Å². The SMILES string of the molecule is CC(C)C[C@@H](C(=O)O)N1CC[C@@H](c2ccc(OCc3ccccc3)cc2)C1=O. The van der Waals surface area contributed by atoms with Gasteiger partial charge in [0.05, 0.1) is 5.92 Å². The molecule has 5 heteroatoms. The highest BCUT2D eigenvalue weighted by atomic mass is 16.5. The van der Waals surface area contributed by atoms with Crippen molar-refractivity contribution in [2.24, 2.45) is 5.92 Å². The molecule has 2 aromatic rings. The van der Waals surface area contributed by atoms with Gasteiger partial charge in [0.25, 0.3) is 0 Å². The Bertz CT molecular complexity index is 801. The van der Waals surface area contributed by atoms with Crippen molar-refractivity contribution in [3.63, 3.8) is 0 Å². The first kappa shape index (κ1) is 19.9. The Kier molecular flexibility index (Phi) is 6.34. The molecule has 0 aliphatic carbocycles. The number of carbonyl (C=O) groups is 2. The predicted octanol–water partition coefficient (Wildman–Crippen LogP) is 4.08. The van der Waals surface area contributed by atoms with E-state index in [4.69, 9.17) is 4.74 Å². The van der Waals surface area contributed by atoms with Gasteiger partial charge in [0.15, 0.2) is 0 Å². The quantitative estimate of drug-likeness (QED) is 0.748. The summed E-state index contributed by atoms with van der Waals surface area (Å²) in [5.41, 5.74) is 2.01. The number of hydrogen-bond acceptors (Lipinski definition) is 3. The number of aliphatic carboxylic acids is 1. The summed E-state index contributed by atoms with van der Waals surface area (Å²) in [6.07, 6.45) is 1.12. The Balaban J connectivity index is 1.64. The molecule has 0 saturated carbocycles. The Morgan fingerprint density at radius 2 is 1.82 bits per heavy atom. The van der Waals surface area contributed by atoms with E-state index in [2.05, 4.69) is 0 Å². The minimum Gasteiger partial charge on any atom is -0.489 e. The molecule has 0 unspecified atom stereocenters. The molecule has 1 N–H and O–H groups in total. The van der Waals surface area contributed by atoms with E-state index in [1.807, 2.05) is 68.4 Å². The van der Waals surface area contributed by atoms with Crippen LogP contribution in [-0.4, -0.2) is 34.5 Å². The molecular weight excluding hydrogens is 354 g/mol. The number of carboxylic acid groups (broad SMARTS) is 1. The van der Waals surface area contributed by atoms with Gasteiger partial charge in [0.2, 0.25) is 5.91 Å². The number of nitrogens with zero attached hydrogens (tertiary/aromatic N) is 1. The number of carbonyl (C=O) groups excluding carboxylic acids is 1. The maximum Gasteiger partial charge on any atom is 0.326 e. The maximum absolute atomic E-state index is 12.9. The van der Waals surface area contributed by atoms with Crippen LogP contribution in [0.4, 0.5) is 0 Å². The smallest absolute Gasteiger partial charge is 0.326 e. The van der Waals surface area contributed by atoms with Gasteiger partial charge in [-0.15, -0.1) is 0 Å². The van der Waals surface area contributed by atoms with E-state index < -0.39 is 12.0 Å². The fraction of sp³-hybridized carbons (Fsp3) is 0.391. The van der Waals surface area contributed by atoms with E-state index in [9.17, 15) is 14.7 Å². The van der Waals surface area contributed by atoms with Crippen LogP contribution in [-0.2, 0) is 16.2 Å². The summed E-state index contributed by atoms with van der Waals surface area (Å²) in [6, 6.07) is 16.8. The molecule has 28 heavy (non-hydrogen) atoms. The van der Waals surface area contributed by atoms with Crippen LogP contribution < -0.4 is 4.74 Å². The summed E-state index contributed by atoms with van der Waals surface area (Å²) in [5.74, 6) is -0.331. The van der Waals surface area contributed by atoms with Gasteiger partial charge in [-0.3, -0.25) is 4.79 Å². The van der Waals surface area contributed by atoms with Gasteiger partial charge in [-0.25, -0.2) is 4.79 Å². The van der Waals surface area contributed by atoms with Crippen molar-refractivity contribution in [3.05, 3.63) is 65.7 Å². The standard InChI is InChI=1S/C23H27NO4/c1-16(2)14-21(23(26)27)24-13-12-20(22(24)25)18-8-10-19(11-9-18)28-15-17-6-4-3-5-7-17/h3-11,16,20-21H,12-15H2,1-2H3,(H,26,27)/t20-,21-/m0/s1. The third-order valence-corrected chi connectivity index (χ3v) is 5.13. The minimum atomic E-state index is -0.924. The predicted molar refractivity (Wildman–Crippen MR) is 107 cm³/mol. The van der Waals surface area contributed by atoms with Crippen LogP contribution in [0.2, 0.25) is 0 Å². The Morgan fingerprint density at radius 3 is 2.43 bits per heavy atom. The second-order valence-electron chi connectivity index (χ2n) is 7.70. The first-order valence-corrected chi connectivity index (χ1v) is 9.75. The maximum atomic E-state index is 12.9. The van der Waals surface area contributed by atoms with Crippen LogP contribution in [0, 0.1) is 5.92 Å². The molecular formula is C23H27NO4. The van der Waals surface area contributed by atoms with Crippen LogP contribution in [0.3, 0.4) is 0 Å². The zero-order valence-electron chi connectivity index (χ0n) is 16.4. The number of ether oxygens (including phenoxy) is 1. The third-order valence-electron chi connectivity index (χ3n) is 5.13. The van der Waals surface area contributed by atoms with Crippen molar-refractivity contribution in [2.45, 2.75) is 45.3 Å². The lowest BCUT2D eigenvalue weighted by atomic mass is 9.97. The number of rotatable bonds is 8. The molecule has 1 aliphatic rings. The van der Waals surface area contributed by atoms with Gasteiger partial charge in [-0.05, 0) is 42.0 Å². The topological polar surface area (TPSA) is 66.8 Å². The van der Waals surface area contributed by atoms with Gasteiger partial charge in [-0.1, -0.05) is 56.3 Å². The molecule has 0 bridgehead atoms. The first-order chi connectivity index (χ1) is 13.5. The average Bonchev–Trinajstić information content (AvgIpc) is 3.06. The molecule has 2 atom stereocenters. The summed E-state index contributed by atoms with van der Waals surface area (Å²) < 4.78 is 5.80. The zero-order chi connectivity index (χ0) is 20.1. The van der Waals surface area contributed by atoms with Crippen LogP contribution in [0.15, 0.2) is 54.6 Å². The lowest BCUT2D eigenvalue weighted by molar-refractivity contribution is -0.149. The fourth-order valence-corrected chi connectivity index (χ4v) is 3.67. The zero-order valence-corrected chi connectivity index (χ0v) is 16.4. The van der Waals surface area contributed by atoms with E-state index in [-0.39, 0.29) is 17.7 Å². The van der Waals surface area contributed by atoms with Crippen molar-refractivity contribution >= 4 is 11.9 Å². The molecule has 1 amide bonds. The molecule has 0 aromatic heterocycles. The lowest BCUT2D eigenvalue weighted by Crippen LogP contribution is -2.43. The van der Waals surface area contributed by atoms with Crippen LogP contribution >= 0.6 is 0 Å². The van der Waals surface area contributed by atoms with Crippen molar-refractivity contribution in [1.29, 1.82) is 0 Å². The summed E-state index contributed by atoms with van der Waals surface area (Å²) in [5, 5.41) is 9.54.